The van der Waals surface area contributed by atoms with E-state index in [1.807, 2.05) is 29.2 Å². The van der Waals surface area contributed by atoms with E-state index in [1.54, 1.807) is 11.0 Å². The lowest BCUT2D eigenvalue weighted by Gasteiger charge is -2.35. The highest BCUT2D eigenvalue weighted by Crippen LogP contribution is 2.26. The quantitative estimate of drug-likeness (QED) is 0.684. The number of rotatable bonds is 4. The van der Waals surface area contributed by atoms with Crippen molar-refractivity contribution in [3.63, 3.8) is 0 Å². The molecule has 148 valence electrons. The van der Waals surface area contributed by atoms with Crippen LogP contribution >= 0.6 is 0 Å². The fourth-order valence-corrected chi connectivity index (χ4v) is 3.99. The number of hydrogen-bond acceptors (Lipinski definition) is 5. The summed E-state index contributed by atoms with van der Waals surface area (Å²) in [6.07, 6.45) is 4.14. The minimum Gasteiger partial charge on any atom is -0.493 e. The van der Waals surface area contributed by atoms with Gasteiger partial charge in [0.1, 0.15) is 18.4 Å². The Morgan fingerprint density at radius 3 is 2.62 bits per heavy atom. The van der Waals surface area contributed by atoms with E-state index < -0.39 is 0 Å². The summed E-state index contributed by atoms with van der Waals surface area (Å²) in [5.41, 5.74) is 4.23. The molecule has 1 amide bonds. The number of ether oxygens (including phenoxy) is 1. The minimum atomic E-state index is 0.0875. The van der Waals surface area contributed by atoms with Gasteiger partial charge in [0.05, 0.1) is 12.3 Å². The van der Waals surface area contributed by atoms with Gasteiger partial charge in [0.15, 0.2) is 0 Å². The van der Waals surface area contributed by atoms with E-state index in [1.165, 1.54) is 17.5 Å². The monoisotopic (exact) mass is 389 g/mol. The van der Waals surface area contributed by atoms with Crippen molar-refractivity contribution in [2.75, 3.05) is 32.8 Å². The van der Waals surface area contributed by atoms with Gasteiger partial charge in [0, 0.05) is 44.7 Å². The Balaban J connectivity index is 1.17. The molecule has 1 aromatic heterocycles. The number of benzene rings is 2. The summed E-state index contributed by atoms with van der Waals surface area (Å²) >= 11 is 0. The van der Waals surface area contributed by atoms with E-state index in [-0.39, 0.29) is 5.91 Å². The molecule has 7 nitrogen and oxygen atoms in total. The highest BCUT2D eigenvalue weighted by Gasteiger charge is 2.22. The number of hydrogen-bond donors (Lipinski definition) is 0. The van der Waals surface area contributed by atoms with Crippen molar-refractivity contribution in [1.29, 1.82) is 0 Å². The van der Waals surface area contributed by atoms with Crippen molar-refractivity contribution in [2.24, 2.45) is 0 Å². The normalized spacial score (nSPS) is 16.5. The molecule has 0 spiro atoms. The molecule has 5 rings (SSSR count). The zero-order chi connectivity index (χ0) is 19.6. The van der Waals surface area contributed by atoms with Crippen LogP contribution in [0.3, 0.4) is 0 Å². The van der Waals surface area contributed by atoms with Gasteiger partial charge < -0.3 is 9.64 Å². The second kappa shape index (κ2) is 7.67. The van der Waals surface area contributed by atoms with Crippen LogP contribution in [0.25, 0.3) is 5.69 Å². The van der Waals surface area contributed by atoms with Gasteiger partial charge in [0.2, 0.25) is 0 Å². The molecular formula is C22H23N5O2. The lowest BCUT2D eigenvalue weighted by molar-refractivity contribution is 0.0628. The summed E-state index contributed by atoms with van der Waals surface area (Å²) in [6, 6.07) is 14.0. The van der Waals surface area contributed by atoms with Crippen molar-refractivity contribution in [3.05, 3.63) is 71.8 Å². The number of piperazine rings is 1. The molecule has 2 aliphatic rings. The number of nitrogens with zero attached hydrogens (tertiary/aromatic N) is 5. The third kappa shape index (κ3) is 3.73. The average molecular weight is 389 g/mol. The van der Waals surface area contributed by atoms with Gasteiger partial charge in [-0.2, -0.15) is 5.10 Å². The van der Waals surface area contributed by atoms with E-state index in [0.29, 0.717) is 5.56 Å². The van der Waals surface area contributed by atoms with Crippen LogP contribution in [0.1, 0.15) is 21.5 Å². The molecular weight excluding hydrogens is 366 g/mol. The largest absolute Gasteiger partial charge is 0.493 e. The zero-order valence-corrected chi connectivity index (χ0v) is 16.2. The standard InChI is InChI=1S/C22H23N5O2/c28-22(18-2-4-20(5-3-18)27-16-23-15-24-27)26-10-8-25(9-11-26)14-17-1-6-21-19(13-17)7-12-29-21/h1-6,13,15-16H,7-12,14H2. The Bertz CT molecular complexity index is 993. The van der Waals surface area contributed by atoms with Crippen molar-refractivity contribution >= 4 is 5.91 Å². The zero-order valence-electron chi connectivity index (χ0n) is 16.2. The van der Waals surface area contributed by atoms with Crippen LogP contribution in [-0.4, -0.2) is 63.3 Å². The summed E-state index contributed by atoms with van der Waals surface area (Å²) in [6.45, 7) is 4.98. The Morgan fingerprint density at radius 1 is 1.03 bits per heavy atom. The Morgan fingerprint density at radius 2 is 1.86 bits per heavy atom. The van der Waals surface area contributed by atoms with Crippen molar-refractivity contribution in [3.8, 4) is 11.4 Å². The van der Waals surface area contributed by atoms with Gasteiger partial charge in [-0.3, -0.25) is 9.69 Å². The van der Waals surface area contributed by atoms with Crippen LogP contribution < -0.4 is 4.74 Å². The predicted molar refractivity (Wildman–Crippen MR) is 108 cm³/mol. The van der Waals surface area contributed by atoms with Gasteiger partial charge in [-0.25, -0.2) is 9.67 Å². The fourth-order valence-electron chi connectivity index (χ4n) is 3.99. The maximum atomic E-state index is 12.8. The lowest BCUT2D eigenvalue weighted by atomic mass is 10.1. The van der Waals surface area contributed by atoms with Crippen LogP contribution in [0.2, 0.25) is 0 Å². The van der Waals surface area contributed by atoms with E-state index in [0.717, 1.165) is 57.2 Å². The molecule has 0 atom stereocenters. The van der Waals surface area contributed by atoms with Crippen molar-refractivity contribution in [2.45, 2.75) is 13.0 Å². The number of fused-ring (bicyclic) bond motifs is 1. The Labute approximate surface area is 169 Å². The third-order valence-electron chi connectivity index (χ3n) is 5.62. The van der Waals surface area contributed by atoms with E-state index >= 15 is 0 Å². The molecule has 2 aromatic carbocycles. The number of carbonyl (C=O) groups is 1. The molecule has 29 heavy (non-hydrogen) atoms. The highest BCUT2D eigenvalue weighted by atomic mass is 16.5. The molecule has 0 unspecified atom stereocenters. The molecule has 0 saturated carbocycles. The maximum absolute atomic E-state index is 12.8. The van der Waals surface area contributed by atoms with Gasteiger partial charge in [-0.15, -0.1) is 0 Å². The summed E-state index contributed by atoms with van der Waals surface area (Å²) < 4.78 is 7.27. The van der Waals surface area contributed by atoms with Crippen LogP contribution in [-0.2, 0) is 13.0 Å². The predicted octanol–water partition coefficient (Wildman–Crippen LogP) is 2.16. The highest BCUT2D eigenvalue weighted by molar-refractivity contribution is 5.94. The molecule has 0 aliphatic carbocycles. The number of amides is 1. The van der Waals surface area contributed by atoms with Gasteiger partial charge in [-0.05, 0) is 41.5 Å². The van der Waals surface area contributed by atoms with Crippen LogP contribution in [0, 0.1) is 0 Å². The third-order valence-corrected chi connectivity index (χ3v) is 5.62. The van der Waals surface area contributed by atoms with Gasteiger partial charge in [0.25, 0.3) is 5.91 Å². The minimum absolute atomic E-state index is 0.0875. The first-order valence-electron chi connectivity index (χ1n) is 9.97. The molecule has 7 heteroatoms. The van der Waals surface area contributed by atoms with E-state index in [2.05, 4.69) is 33.2 Å². The number of aromatic nitrogens is 3. The number of carbonyl (C=O) groups excluding carboxylic acids is 1. The maximum Gasteiger partial charge on any atom is 0.253 e. The molecule has 3 heterocycles. The van der Waals surface area contributed by atoms with E-state index in [4.69, 9.17) is 4.74 Å². The first kappa shape index (κ1) is 17.9. The first-order chi connectivity index (χ1) is 14.3. The molecule has 1 saturated heterocycles. The molecule has 0 bridgehead atoms. The Hall–Kier alpha value is -3.19. The smallest absolute Gasteiger partial charge is 0.253 e. The summed E-state index contributed by atoms with van der Waals surface area (Å²) in [5.74, 6) is 1.11. The molecule has 3 aromatic rings. The fraction of sp³-hybridized carbons (Fsp3) is 0.318. The second-order valence-electron chi connectivity index (χ2n) is 7.50. The summed E-state index contributed by atoms with van der Waals surface area (Å²) in [4.78, 5) is 21.2. The summed E-state index contributed by atoms with van der Waals surface area (Å²) in [5, 5.41) is 4.11. The SMILES string of the molecule is O=C(c1ccc(-n2cncn2)cc1)N1CCN(Cc2ccc3c(c2)CCO3)CC1. The molecule has 0 radical (unpaired) electrons. The van der Waals surface area contributed by atoms with E-state index in [9.17, 15) is 4.79 Å². The van der Waals surface area contributed by atoms with Gasteiger partial charge >= 0.3 is 0 Å². The van der Waals surface area contributed by atoms with Gasteiger partial charge in [-0.1, -0.05) is 12.1 Å². The molecule has 1 fully saturated rings. The topological polar surface area (TPSA) is 63.5 Å². The average Bonchev–Trinajstić information content (AvgIpc) is 3.46. The lowest BCUT2D eigenvalue weighted by Crippen LogP contribution is -2.48. The van der Waals surface area contributed by atoms with Crippen molar-refractivity contribution < 1.29 is 9.53 Å². The van der Waals surface area contributed by atoms with Crippen LogP contribution in [0.15, 0.2) is 55.1 Å². The summed E-state index contributed by atoms with van der Waals surface area (Å²) in [7, 11) is 0. The van der Waals surface area contributed by atoms with Crippen molar-refractivity contribution in [1.82, 2.24) is 24.6 Å². The van der Waals surface area contributed by atoms with Crippen LogP contribution in [0.5, 0.6) is 5.75 Å². The Kier molecular flexibility index (Phi) is 4.73. The first-order valence-corrected chi connectivity index (χ1v) is 9.97. The molecule has 0 N–H and O–H groups in total. The second-order valence-corrected chi connectivity index (χ2v) is 7.50. The molecule has 2 aliphatic heterocycles. The van der Waals surface area contributed by atoms with Crippen LogP contribution in [0.4, 0.5) is 0 Å².